The highest BCUT2D eigenvalue weighted by atomic mass is 35.5. The first-order chi connectivity index (χ1) is 2.00. The maximum atomic E-state index is 8.63. The summed E-state index contributed by atoms with van der Waals surface area (Å²) in [5.74, 6) is 0. The van der Waals surface area contributed by atoms with E-state index in [2.05, 4.69) is 0 Å². The van der Waals surface area contributed by atoms with Crippen molar-refractivity contribution in [1.82, 2.24) is 6.15 Å². The van der Waals surface area contributed by atoms with Crippen LogP contribution in [0.2, 0.25) is 0 Å². The molecule has 0 aliphatic heterocycles. The monoisotopic (exact) mass is 149 g/mol. The largest absolute Gasteiger partial charge is 1.00 e. The summed E-state index contributed by atoms with van der Waals surface area (Å²) in [5, 5.41) is 0. The van der Waals surface area contributed by atoms with Gasteiger partial charge in [0.2, 0.25) is 10.4 Å². The zero-order chi connectivity index (χ0) is 4.50. The molecule has 0 atom stereocenters. The highest BCUT2D eigenvalue weighted by Crippen LogP contribution is 1.58. The molecular formula is H4ClNO4S. The molecule has 0 aromatic heterocycles. The standard InChI is InChI=1S/Cl.H3N.H2O4S/c;;1-5(2,3)4/h;1H3;(H2,1,2,3,4)/q+1;;/p-1. The molecule has 0 unspecified atom stereocenters. The van der Waals surface area contributed by atoms with Gasteiger partial charge in [0.15, 0.2) is 0 Å². The number of rotatable bonds is 0. The summed E-state index contributed by atoms with van der Waals surface area (Å²) < 4.78 is 32.8. The van der Waals surface area contributed by atoms with Crippen molar-refractivity contribution in [3.05, 3.63) is 0 Å². The highest BCUT2D eigenvalue weighted by Gasteiger charge is 1.67. The van der Waals surface area contributed by atoms with Crippen LogP contribution in [0.3, 0.4) is 0 Å². The zero-order valence-electron chi connectivity index (χ0n) is 3.17. The molecule has 2 radical (unpaired) electrons. The van der Waals surface area contributed by atoms with E-state index in [0.29, 0.717) is 0 Å². The van der Waals surface area contributed by atoms with Gasteiger partial charge in [-0.25, -0.2) is 8.42 Å². The molecule has 0 saturated carbocycles. The Labute approximate surface area is 47.3 Å². The lowest BCUT2D eigenvalue weighted by molar-refractivity contribution is -0.00000855. The van der Waals surface area contributed by atoms with E-state index in [9.17, 15) is 0 Å². The second kappa shape index (κ2) is 4.28. The molecule has 0 aromatic carbocycles. The van der Waals surface area contributed by atoms with Crippen LogP contribution in [0.15, 0.2) is 0 Å². The summed E-state index contributed by atoms with van der Waals surface area (Å²) >= 11 is 0. The summed E-state index contributed by atoms with van der Waals surface area (Å²) in [6, 6.07) is 0. The molecule has 0 aliphatic rings. The number of hydrogen-bond donors (Lipinski definition) is 2. The summed E-state index contributed by atoms with van der Waals surface area (Å²) in [6.07, 6.45) is 0. The van der Waals surface area contributed by atoms with Gasteiger partial charge in [-0.05, 0) is 0 Å². The van der Waals surface area contributed by atoms with Gasteiger partial charge in [0.1, 0.15) is 0 Å². The van der Waals surface area contributed by atoms with Gasteiger partial charge < -0.3 is 10.7 Å². The number of halogens is 1. The summed E-state index contributed by atoms with van der Waals surface area (Å²) in [5.41, 5.74) is 0. The van der Waals surface area contributed by atoms with Crippen molar-refractivity contribution < 1.29 is 29.9 Å². The van der Waals surface area contributed by atoms with Crippen LogP contribution in [-0.2, 0) is 10.4 Å². The highest BCUT2D eigenvalue weighted by molar-refractivity contribution is 7.79. The smallest absolute Gasteiger partial charge is 0.726 e. The Bertz CT molecular complexity index is 94.9. The molecule has 0 heterocycles. The second-order valence-corrected chi connectivity index (χ2v) is 1.28. The van der Waals surface area contributed by atoms with Crippen molar-refractivity contribution in [2.45, 2.75) is 0 Å². The van der Waals surface area contributed by atoms with Crippen molar-refractivity contribution in [3.63, 3.8) is 0 Å². The van der Waals surface area contributed by atoms with E-state index in [-0.39, 0.29) is 18.6 Å². The van der Waals surface area contributed by atoms with Gasteiger partial charge in [0.05, 0.1) is 0 Å². The molecule has 0 saturated heterocycles. The molecule has 0 aliphatic carbocycles. The SMILES string of the molecule is N.O=S(=O)([O-])O.[Cl+]. The predicted octanol–water partition coefficient (Wildman–Crippen LogP) is -0.833. The second-order valence-electron chi connectivity index (χ2n) is 0.428. The van der Waals surface area contributed by atoms with E-state index in [0.717, 1.165) is 0 Å². The molecular weight excluding hydrogens is 146 g/mol. The molecule has 0 bridgehead atoms. The van der Waals surface area contributed by atoms with Crippen LogP contribution in [-0.4, -0.2) is 17.5 Å². The Morgan fingerprint density at radius 3 is 1.43 bits per heavy atom. The van der Waals surface area contributed by atoms with Crippen LogP contribution in [0.5, 0.6) is 0 Å². The summed E-state index contributed by atoms with van der Waals surface area (Å²) in [6.45, 7) is 0. The molecule has 7 heteroatoms. The summed E-state index contributed by atoms with van der Waals surface area (Å²) in [7, 11) is -4.92. The molecule has 0 spiro atoms. The molecule has 0 fully saturated rings. The fourth-order valence-electron chi connectivity index (χ4n) is 0. The van der Waals surface area contributed by atoms with E-state index < -0.39 is 10.4 Å². The fourth-order valence-corrected chi connectivity index (χ4v) is 0. The van der Waals surface area contributed by atoms with Gasteiger partial charge in [-0.3, -0.25) is 4.55 Å². The number of hydrogen-bond acceptors (Lipinski definition) is 4. The van der Waals surface area contributed by atoms with Crippen LogP contribution in [0.4, 0.5) is 0 Å². The minimum atomic E-state index is -4.92. The molecule has 7 heavy (non-hydrogen) atoms. The van der Waals surface area contributed by atoms with Crippen LogP contribution in [0, 0.1) is 12.4 Å². The van der Waals surface area contributed by atoms with Crippen LogP contribution in [0.25, 0.3) is 0 Å². The van der Waals surface area contributed by atoms with E-state index in [4.69, 9.17) is 17.5 Å². The van der Waals surface area contributed by atoms with Crippen molar-refractivity contribution >= 4 is 10.4 Å². The maximum Gasteiger partial charge on any atom is 1.00 e. The van der Waals surface area contributed by atoms with Gasteiger partial charge >= 0.3 is 12.4 Å². The minimum Gasteiger partial charge on any atom is -0.726 e. The molecule has 46 valence electrons. The lowest BCUT2D eigenvalue weighted by atomic mass is 14.0. The average molecular weight is 150 g/mol. The third kappa shape index (κ3) is 7210. The molecule has 4 N–H and O–H groups in total. The van der Waals surface area contributed by atoms with E-state index in [1.807, 2.05) is 0 Å². The Morgan fingerprint density at radius 2 is 1.43 bits per heavy atom. The molecule has 0 aromatic rings. The minimum absolute atomic E-state index is 0. The maximum absolute atomic E-state index is 8.63. The van der Waals surface area contributed by atoms with Crippen molar-refractivity contribution in [3.8, 4) is 0 Å². The Hall–Kier alpha value is 0.120. The van der Waals surface area contributed by atoms with Crippen LogP contribution < -0.4 is 6.15 Å². The predicted molar refractivity (Wildman–Crippen MR) is 17.3 cm³/mol. The van der Waals surface area contributed by atoms with Crippen LogP contribution >= 0.6 is 0 Å². The van der Waals surface area contributed by atoms with Crippen molar-refractivity contribution in [2.75, 3.05) is 0 Å². The zero-order valence-corrected chi connectivity index (χ0v) is 4.74. The molecule has 5 nitrogen and oxygen atoms in total. The van der Waals surface area contributed by atoms with Gasteiger partial charge in [-0.1, -0.05) is 0 Å². The third-order valence-corrected chi connectivity index (χ3v) is 0. The molecule has 0 amide bonds. The Balaban J connectivity index is -0.0000000800. The molecule has 0 rings (SSSR count). The first kappa shape index (κ1) is 15.7. The van der Waals surface area contributed by atoms with Crippen LogP contribution in [0.1, 0.15) is 0 Å². The summed E-state index contributed by atoms with van der Waals surface area (Å²) in [4.78, 5) is 0. The van der Waals surface area contributed by atoms with Gasteiger partial charge in [0, 0.05) is 0 Å². The van der Waals surface area contributed by atoms with E-state index >= 15 is 0 Å². The fraction of sp³-hybridized carbons (Fsp3) is 0. The Morgan fingerprint density at radius 1 is 1.43 bits per heavy atom. The van der Waals surface area contributed by atoms with Gasteiger partial charge in [0.25, 0.3) is 0 Å². The van der Waals surface area contributed by atoms with Gasteiger partial charge in [-0.2, -0.15) is 0 Å². The topological polar surface area (TPSA) is 112 Å². The quantitative estimate of drug-likeness (QED) is 0.345. The van der Waals surface area contributed by atoms with E-state index in [1.54, 1.807) is 0 Å². The van der Waals surface area contributed by atoms with Crippen molar-refractivity contribution in [2.24, 2.45) is 0 Å². The Kier molecular flexibility index (Phi) is 9.61. The first-order valence-corrected chi connectivity index (χ1v) is 2.05. The lowest BCUT2D eigenvalue weighted by Crippen LogP contribution is -1.90. The first-order valence-electron chi connectivity index (χ1n) is 0.683. The third-order valence-electron chi connectivity index (χ3n) is 0. The normalized spacial score (nSPS) is 8.29. The van der Waals surface area contributed by atoms with Crippen molar-refractivity contribution in [1.29, 1.82) is 0 Å². The average Bonchev–Trinajstić information content (AvgIpc) is 0.722. The van der Waals surface area contributed by atoms with Gasteiger partial charge in [-0.15, -0.1) is 0 Å². The van der Waals surface area contributed by atoms with E-state index in [1.165, 1.54) is 0 Å². The lowest BCUT2D eigenvalue weighted by Gasteiger charge is -1.88.